The molecule has 0 amide bonds. The predicted molar refractivity (Wildman–Crippen MR) is 47.8 cm³/mol. The van der Waals surface area contributed by atoms with Crippen molar-refractivity contribution in [3.05, 3.63) is 17.5 Å². The molecule has 0 aromatic carbocycles. The first-order valence-corrected chi connectivity index (χ1v) is 5.19. The lowest BCUT2D eigenvalue weighted by Crippen LogP contribution is -2.09. The third-order valence-electron chi connectivity index (χ3n) is 1.99. The van der Waals surface area contributed by atoms with Crippen molar-refractivity contribution >= 4 is 11.8 Å². The van der Waals surface area contributed by atoms with Crippen molar-refractivity contribution in [1.29, 1.82) is 0 Å². The first kappa shape index (κ1) is 7.22. The number of hydrogen-bond acceptors (Lipinski definition) is 2. The van der Waals surface area contributed by atoms with E-state index in [1.807, 2.05) is 11.8 Å². The summed E-state index contributed by atoms with van der Waals surface area (Å²) < 4.78 is 2.13. The molecule has 2 heterocycles. The average Bonchev–Trinajstić information content (AvgIpc) is 2.46. The summed E-state index contributed by atoms with van der Waals surface area (Å²) in [4.78, 5) is 0. The number of fused-ring (bicyclic) bond motifs is 1. The maximum atomic E-state index is 4.47. The number of nitrogens with zero attached hydrogens (tertiary/aromatic N) is 2. The fourth-order valence-electron chi connectivity index (χ4n) is 1.33. The van der Waals surface area contributed by atoms with Gasteiger partial charge in [0.2, 0.25) is 0 Å². The van der Waals surface area contributed by atoms with Crippen molar-refractivity contribution in [3.8, 4) is 0 Å². The molecule has 0 aliphatic carbocycles. The molecule has 0 unspecified atom stereocenters. The molecule has 2 nitrogen and oxygen atoms in total. The van der Waals surface area contributed by atoms with E-state index < -0.39 is 0 Å². The van der Waals surface area contributed by atoms with Crippen LogP contribution < -0.4 is 0 Å². The van der Waals surface area contributed by atoms with E-state index in [0.29, 0.717) is 0 Å². The molecule has 0 saturated heterocycles. The molecule has 1 aliphatic heterocycles. The summed E-state index contributed by atoms with van der Waals surface area (Å²) in [5.74, 6) is 2.31. The number of rotatable bonds is 1. The van der Waals surface area contributed by atoms with Gasteiger partial charge in [-0.3, -0.25) is 4.68 Å². The number of hydrogen-bond donors (Lipinski definition) is 0. The van der Waals surface area contributed by atoms with E-state index in [0.717, 1.165) is 12.3 Å². The SMILES string of the molecule is CCc1cc2n(n1)CSCC2. The smallest absolute Gasteiger partial charge is 0.0866 e. The van der Waals surface area contributed by atoms with Crippen molar-refractivity contribution in [2.24, 2.45) is 0 Å². The van der Waals surface area contributed by atoms with Crippen molar-refractivity contribution < 1.29 is 0 Å². The van der Waals surface area contributed by atoms with Crippen LogP contribution in [0.3, 0.4) is 0 Å². The number of aromatic nitrogens is 2. The molecule has 2 rings (SSSR count). The highest BCUT2D eigenvalue weighted by Crippen LogP contribution is 2.18. The lowest BCUT2D eigenvalue weighted by atomic mass is 10.3. The zero-order chi connectivity index (χ0) is 7.68. The van der Waals surface area contributed by atoms with Gasteiger partial charge in [-0.05, 0) is 18.9 Å². The van der Waals surface area contributed by atoms with Crippen LogP contribution in [0.1, 0.15) is 18.3 Å². The quantitative estimate of drug-likeness (QED) is 0.635. The lowest BCUT2D eigenvalue weighted by molar-refractivity contribution is 0.680. The molecule has 0 spiro atoms. The molecule has 0 bridgehead atoms. The Balaban J connectivity index is 2.32. The Morgan fingerprint density at radius 2 is 2.64 bits per heavy atom. The molecule has 0 fully saturated rings. The van der Waals surface area contributed by atoms with Gasteiger partial charge in [0.1, 0.15) is 0 Å². The molecule has 1 aliphatic rings. The number of thioether (sulfide) groups is 1. The van der Waals surface area contributed by atoms with Gasteiger partial charge in [-0.15, -0.1) is 11.8 Å². The summed E-state index contributed by atoms with van der Waals surface area (Å²) in [5.41, 5.74) is 2.66. The van der Waals surface area contributed by atoms with Crippen molar-refractivity contribution in [1.82, 2.24) is 9.78 Å². The standard InChI is InChI=1S/C8H12N2S/c1-2-7-5-8-3-4-11-6-10(8)9-7/h5H,2-4,6H2,1H3. The van der Waals surface area contributed by atoms with Crippen LogP contribution in [-0.4, -0.2) is 15.5 Å². The first-order chi connectivity index (χ1) is 5.40. The predicted octanol–water partition coefficient (Wildman–Crippen LogP) is 1.69. The van der Waals surface area contributed by atoms with Gasteiger partial charge in [0.15, 0.2) is 0 Å². The van der Waals surface area contributed by atoms with E-state index in [2.05, 4.69) is 22.8 Å². The third kappa shape index (κ3) is 1.29. The molecule has 3 heteroatoms. The summed E-state index contributed by atoms with van der Waals surface area (Å²) in [6.45, 7) is 2.15. The van der Waals surface area contributed by atoms with Crippen molar-refractivity contribution in [2.75, 3.05) is 5.75 Å². The van der Waals surface area contributed by atoms with Crippen LogP contribution in [0.2, 0.25) is 0 Å². The van der Waals surface area contributed by atoms with Crippen LogP contribution in [-0.2, 0) is 18.7 Å². The van der Waals surface area contributed by atoms with Crippen LogP contribution in [0.15, 0.2) is 6.07 Å². The average molecular weight is 168 g/mol. The minimum Gasteiger partial charge on any atom is -0.259 e. The Hall–Kier alpha value is -0.440. The van der Waals surface area contributed by atoms with Crippen LogP contribution in [0.4, 0.5) is 0 Å². The zero-order valence-corrected chi connectivity index (χ0v) is 7.52. The Bertz CT molecular complexity index is 231. The third-order valence-corrected chi connectivity index (χ3v) is 2.91. The second-order valence-corrected chi connectivity index (χ2v) is 3.84. The largest absolute Gasteiger partial charge is 0.259 e. The summed E-state index contributed by atoms with van der Waals surface area (Å²) in [5, 5.41) is 4.47. The van der Waals surface area contributed by atoms with Crippen molar-refractivity contribution in [3.63, 3.8) is 0 Å². The van der Waals surface area contributed by atoms with Gasteiger partial charge < -0.3 is 0 Å². The monoisotopic (exact) mass is 168 g/mol. The van der Waals surface area contributed by atoms with E-state index in [-0.39, 0.29) is 0 Å². The molecule has 1 aromatic rings. The summed E-state index contributed by atoms with van der Waals surface area (Å²) in [6, 6.07) is 2.24. The van der Waals surface area contributed by atoms with E-state index >= 15 is 0 Å². The molecular weight excluding hydrogens is 156 g/mol. The first-order valence-electron chi connectivity index (χ1n) is 4.03. The molecule has 0 N–H and O–H groups in total. The molecule has 0 saturated carbocycles. The van der Waals surface area contributed by atoms with E-state index in [9.17, 15) is 0 Å². The van der Waals surface area contributed by atoms with Crippen LogP contribution in [0.5, 0.6) is 0 Å². The second-order valence-electron chi connectivity index (χ2n) is 2.77. The van der Waals surface area contributed by atoms with Crippen molar-refractivity contribution in [2.45, 2.75) is 25.6 Å². The molecule has 1 aromatic heterocycles. The van der Waals surface area contributed by atoms with Crippen LogP contribution in [0.25, 0.3) is 0 Å². The minimum absolute atomic E-state index is 1.05. The Labute approximate surface area is 71.0 Å². The highest BCUT2D eigenvalue weighted by molar-refractivity contribution is 7.98. The molecule has 0 atom stereocenters. The highest BCUT2D eigenvalue weighted by atomic mass is 32.2. The summed E-state index contributed by atoms with van der Waals surface area (Å²) in [6.07, 6.45) is 2.25. The van der Waals surface area contributed by atoms with Gasteiger partial charge in [-0.25, -0.2) is 0 Å². The fourth-order valence-corrected chi connectivity index (χ4v) is 2.21. The molecule has 0 radical (unpaired) electrons. The van der Waals surface area contributed by atoms with Crippen LogP contribution >= 0.6 is 11.8 Å². The Morgan fingerprint density at radius 3 is 3.36 bits per heavy atom. The molecule has 11 heavy (non-hydrogen) atoms. The maximum Gasteiger partial charge on any atom is 0.0866 e. The van der Waals surface area contributed by atoms with E-state index in [1.54, 1.807) is 0 Å². The van der Waals surface area contributed by atoms with E-state index in [4.69, 9.17) is 0 Å². The lowest BCUT2D eigenvalue weighted by Gasteiger charge is -2.11. The zero-order valence-electron chi connectivity index (χ0n) is 6.71. The molecular formula is C8H12N2S. The minimum atomic E-state index is 1.05. The van der Waals surface area contributed by atoms with Gasteiger partial charge in [-0.1, -0.05) is 6.92 Å². The highest BCUT2D eigenvalue weighted by Gasteiger charge is 2.10. The molecule has 60 valence electrons. The fraction of sp³-hybridized carbons (Fsp3) is 0.625. The van der Waals surface area contributed by atoms with Gasteiger partial charge in [0.05, 0.1) is 11.6 Å². The van der Waals surface area contributed by atoms with Gasteiger partial charge in [0, 0.05) is 11.4 Å². The Morgan fingerprint density at radius 1 is 1.73 bits per heavy atom. The maximum absolute atomic E-state index is 4.47. The summed E-state index contributed by atoms with van der Waals surface area (Å²) >= 11 is 1.96. The topological polar surface area (TPSA) is 17.8 Å². The van der Waals surface area contributed by atoms with Gasteiger partial charge in [-0.2, -0.15) is 5.10 Å². The normalized spacial score (nSPS) is 16.5. The van der Waals surface area contributed by atoms with E-state index in [1.165, 1.54) is 23.6 Å². The van der Waals surface area contributed by atoms with Gasteiger partial charge >= 0.3 is 0 Å². The Kier molecular flexibility index (Phi) is 1.90. The van der Waals surface area contributed by atoms with Gasteiger partial charge in [0.25, 0.3) is 0 Å². The number of aryl methyl sites for hydroxylation is 2. The second kappa shape index (κ2) is 2.89. The van der Waals surface area contributed by atoms with Crippen LogP contribution in [0, 0.1) is 0 Å². The summed E-state index contributed by atoms with van der Waals surface area (Å²) in [7, 11) is 0.